The normalized spacial score (nSPS) is 13.7. The topological polar surface area (TPSA) is 38.8 Å². The Kier molecular flexibility index (Phi) is 10.4. The molecule has 0 bridgehead atoms. The molecule has 1 aliphatic rings. The quantitative estimate of drug-likeness (QED) is 0.132. The number of aryl methyl sites for hydroxylation is 1. The first-order valence-corrected chi connectivity index (χ1v) is 14.8. The van der Waals surface area contributed by atoms with Crippen LogP contribution in [-0.4, -0.2) is 23.2 Å². The van der Waals surface area contributed by atoms with Crippen molar-refractivity contribution >= 4 is 5.97 Å². The number of nitrogens with zero attached hydrogens (tertiary/aromatic N) is 1. The third-order valence-corrected chi connectivity index (χ3v) is 7.18. The maximum atomic E-state index is 12.6. The summed E-state index contributed by atoms with van der Waals surface area (Å²) >= 11 is 0. The Morgan fingerprint density at radius 1 is 0.700 bits per heavy atom. The summed E-state index contributed by atoms with van der Waals surface area (Å²) in [7, 11) is 0. The summed E-state index contributed by atoms with van der Waals surface area (Å²) in [5, 5.41) is 0. The average molecular weight is 538 g/mol. The van der Waals surface area contributed by atoms with Gasteiger partial charge in [-0.25, -0.2) is 4.79 Å². The van der Waals surface area contributed by atoms with Crippen LogP contribution >= 0.6 is 0 Å². The van der Waals surface area contributed by atoms with Crippen molar-refractivity contribution in [3.05, 3.63) is 100 Å². The lowest BCUT2D eigenvalue weighted by molar-refractivity contribution is -0.127. The van der Waals surface area contributed by atoms with Crippen LogP contribution in [0.3, 0.4) is 0 Å². The number of unbranched alkanes of at least 4 members (excludes halogenated alkanes) is 4. The molecule has 1 aliphatic heterocycles. The molecule has 0 saturated heterocycles. The van der Waals surface area contributed by atoms with E-state index in [1.165, 1.54) is 43.2 Å². The Labute approximate surface area is 240 Å². The molecular weight excluding hydrogens is 494 g/mol. The number of cyclic esters (lactones) is 1. The second kappa shape index (κ2) is 14.2. The van der Waals surface area contributed by atoms with Crippen molar-refractivity contribution in [1.29, 1.82) is 0 Å². The van der Waals surface area contributed by atoms with E-state index in [1.807, 2.05) is 12.1 Å². The number of esters is 1. The Morgan fingerprint density at radius 2 is 1.30 bits per heavy atom. The summed E-state index contributed by atoms with van der Waals surface area (Å²) < 4.78 is 11.3. The average Bonchev–Trinajstić information content (AvgIpc) is 2.94. The number of benzene rings is 3. The van der Waals surface area contributed by atoms with E-state index in [0.29, 0.717) is 11.3 Å². The molecule has 4 rings (SSSR count). The van der Waals surface area contributed by atoms with Gasteiger partial charge in [-0.2, -0.15) is 0 Å². The number of hydrogen-bond acceptors (Lipinski definition) is 4. The molecule has 4 nitrogen and oxygen atoms in total. The molecule has 1 heterocycles. The zero-order valence-electron chi connectivity index (χ0n) is 24.6. The smallest absolute Gasteiger partial charge is 0.345 e. The molecule has 0 fully saturated rings. The van der Waals surface area contributed by atoms with E-state index >= 15 is 0 Å². The molecule has 0 unspecified atom stereocenters. The predicted molar refractivity (Wildman–Crippen MR) is 162 cm³/mol. The Balaban J connectivity index is 1.41. The molecular formula is C36H43NO3. The van der Waals surface area contributed by atoms with Crippen LogP contribution in [0.25, 0.3) is 0 Å². The lowest BCUT2D eigenvalue weighted by Gasteiger charge is -2.32. The highest BCUT2D eigenvalue weighted by atomic mass is 16.7. The summed E-state index contributed by atoms with van der Waals surface area (Å²) in [6.07, 6.45) is 8.41. The zero-order chi connectivity index (χ0) is 28.4. The molecule has 0 aliphatic carbocycles. The predicted octanol–water partition coefficient (Wildman–Crippen LogP) is 8.30. The fourth-order valence-corrected chi connectivity index (χ4v) is 4.95. The van der Waals surface area contributed by atoms with Crippen molar-refractivity contribution in [3.8, 4) is 17.6 Å². The van der Waals surface area contributed by atoms with E-state index in [-0.39, 0.29) is 5.97 Å². The Hall–Kier alpha value is -3.55. The van der Waals surface area contributed by atoms with Crippen molar-refractivity contribution < 1.29 is 14.3 Å². The van der Waals surface area contributed by atoms with Gasteiger partial charge in [0.05, 0.1) is 0 Å². The van der Waals surface area contributed by atoms with E-state index in [2.05, 4.69) is 85.2 Å². The Morgan fingerprint density at radius 3 is 1.95 bits per heavy atom. The molecule has 0 atom stereocenters. The lowest BCUT2D eigenvalue weighted by atomic mass is 10.1. The van der Waals surface area contributed by atoms with Crippen LogP contribution < -0.4 is 4.74 Å². The highest BCUT2D eigenvalue weighted by Gasteiger charge is 2.33. The largest absolute Gasteiger partial charge is 0.452 e. The minimum absolute atomic E-state index is 0.327. The Bertz CT molecular complexity index is 1310. The van der Waals surface area contributed by atoms with Gasteiger partial charge in [0.25, 0.3) is 0 Å². The van der Waals surface area contributed by atoms with Gasteiger partial charge in [0.15, 0.2) is 0 Å². The minimum atomic E-state index is -0.938. The van der Waals surface area contributed by atoms with Crippen LogP contribution in [0.1, 0.15) is 104 Å². The molecule has 3 aromatic carbocycles. The van der Waals surface area contributed by atoms with Gasteiger partial charge < -0.3 is 9.47 Å². The second-order valence-corrected chi connectivity index (χ2v) is 11.2. The van der Waals surface area contributed by atoms with Crippen LogP contribution in [0.2, 0.25) is 0 Å². The van der Waals surface area contributed by atoms with Gasteiger partial charge in [-0.1, -0.05) is 81.7 Å². The van der Waals surface area contributed by atoms with Crippen molar-refractivity contribution in [1.82, 2.24) is 4.90 Å². The number of hydrogen-bond donors (Lipinski definition) is 0. The summed E-state index contributed by atoms with van der Waals surface area (Å²) in [6.45, 7) is 10.6. The van der Waals surface area contributed by atoms with Gasteiger partial charge in [0.1, 0.15) is 11.3 Å². The van der Waals surface area contributed by atoms with Crippen molar-refractivity contribution in [2.24, 2.45) is 0 Å². The van der Waals surface area contributed by atoms with Crippen LogP contribution in [-0.2, 0) is 24.2 Å². The third kappa shape index (κ3) is 8.73. The molecule has 210 valence electrons. The number of fused-ring (bicyclic) bond motifs is 1. The van der Waals surface area contributed by atoms with Gasteiger partial charge in [-0.3, -0.25) is 4.90 Å². The van der Waals surface area contributed by atoms with Crippen molar-refractivity contribution in [2.45, 2.75) is 91.5 Å². The highest BCUT2D eigenvalue weighted by molar-refractivity contribution is 5.93. The summed E-state index contributed by atoms with van der Waals surface area (Å²) in [5.41, 5.74) is 6.28. The highest BCUT2D eigenvalue weighted by Crippen LogP contribution is 2.32. The molecule has 0 spiro atoms. The first-order valence-electron chi connectivity index (χ1n) is 14.8. The lowest BCUT2D eigenvalue weighted by Crippen LogP contribution is -2.38. The summed E-state index contributed by atoms with van der Waals surface area (Å²) in [4.78, 5) is 15.0. The van der Waals surface area contributed by atoms with Gasteiger partial charge in [-0.15, -0.1) is 0 Å². The number of rotatable bonds is 12. The van der Waals surface area contributed by atoms with Crippen LogP contribution in [0, 0.1) is 11.8 Å². The van der Waals surface area contributed by atoms with E-state index in [1.54, 1.807) is 13.8 Å². The van der Waals surface area contributed by atoms with Crippen molar-refractivity contribution in [3.63, 3.8) is 0 Å². The number of ether oxygens (including phenoxy) is 2. The van der Waals surface area contributed by atoms with Gasteiger partial charge in [0, 0.05) is 38.1 Å². The maximum Gasteiger partial charge on any atom is 0.345 e. The molecule has 3 aromatic rings. The molecule has 40 heavy (non-hydrogen) atoms. The van der Waals surface area contributed by atoms with Crippen molar-refractivity contribution in [2.75, 3.05) is 6.54 Å². The summed E-state index contributed by atoms with van der Waals surface area (Å²) in [5.74, 6) is 5.94. The number of carbonyl (C=O) groups excluding carboxylic acids is 1. The third-order valence-electron chi connectivity index (χ3n) is 7.18. The van der Waals surface area contributed by atoms with E-state index in [0.717, 1.165) is 49.2 Å². The van der Waals surface area contributed by atoms with E-state index in [9.17, 15) is 4.79 Å². The monoisotopic (exact) mass is 537 g/mol. The van der Waals surface area contributed by atoms with Gasteiger partial charge >= 0.3 is 5.97 Å². The first-order chi connectivity index (χ1) is 19.3. The molecule has 4 heteroatoms. The summed E-state index contributed by atoms with van der Waals surface area (Å²) in [6, 6.07) is 23.1. The van der Waals surface area contributed by atoms with Crippen LogP contribution in [0.4, 0.5) is 0 Å². The standard InChI is InChI=1S/C36H43NO3/c1-5-7-9-10-24-37(27-32-22-23-34-33(25-32)35(38)40-36(3,4)39-34)26-31-20-18-30(19-21-31)17-16-29-14-12-28(13-15-29)11-8-6-2/h12-15,18-23,25H,5-11,24,26-27H2,1-4H3. The molecule has 0 amide bonds. The molecule has 0 saturated carbocycles. The number of carbonyl (C=O) groups is 1. The van der Waals surface area contributed by atoms with Gasteiger partial charge in [0.2, 0.25) is 5.79 Å². The van der Waals surface area contributed by atoms with Crippen LogP contribution in [0.15, 0.2) is 66.7 Å². The van der Waals surface area contributed by atoms with Crippen LogP contribution in [0.5, 0.6) is 5.75 Å². The molecule has 0 N–H and O–H groups in total. The molecule has 0 aromatic heterocycles. The molecule has 0 radical (unpaired) electrons. The van der Waals surface area contributed by atoms with Gasteiger partial charge in [-0.05, 0) is 78.9 Å². The zero-order valence-corrected chi connectivity index (χ0v) is 24.6. The minimum Gasteiger partial charge on any atom is -0.452 e. The fourth-order valence-electron chi connectivity index (χ4n) is 4.95. The van der Waals surface area contributed by atoms with E-state index < -0.39 is 5.79 Å². The van der Waals surface area contributed by atoms with E-state index in [4.69, 9.17) is 9.47 Å². The SMILES string of the molecule is CCCCCCN(Cc1ccc(C#Cc2ccc(CCCC)cc2)cc1)Cc1ccc2c(c1)C(=O)OC(C)(C)O2. The maximum absolute atomic E-state index is 12.6. The fraction of sp³-hybridized carbons (Fsp3) is 0.417. The second-order valence-electron chi connectivity index (χ2n) is 11.2. The first kappa shape index (κ1) is 29.4.